The highest BCUT2D eigenvalue weighted by atomic mass is 16.6. The first-order chi connectivity index (χ1) is 14.3. The van der Waals surface area contributed by atoms with Gasteiger partial charge in [-0.15, -0.1) is 0 Å². The van der Waals surface area contributed by atoms with Gasteiger partial charge in [0.2, 0.25) is 5.91 Å². The molecule has 1 unspecified atom stereocenters. The summed E-state index contributed by atoms with van der Waals surface area (Å²) in [5.74, 6) is -0.210. The molecule has 2 amide bonds. The Balaban J connectivity index is 1.52. The Bertz CT molecular complexity index is 1170. The normalized spacial score (nSPS) is 14.9. The number of hydrogen-bond acceptors (Lipinski definition) is 5. The number of carbonyl (C=O) groups is 2. The first-order valence-corrected chi connectivity index (χ1v) is 9.34. The Morgan fingerprint density at radius 3 is 2.67 bits per heavy atom. The Morgan fingerprint density at radius 2 is 1.97 bits per heavy atom. The topological polar surface area (TPSA) is 119 Å². The highest BCUT2D eigenvalue weighted by Gasteiger charge is 2.35. The van der Waals surface area contributed by atoms with Crippen molar-refractivity contribution in [3.8, 4) is 11.1 Å². The number of fused-ring (bicyclic) bond motifs is 1. The van der Waals surface area contributed by atoms with Crippen molar-refractivity contribution in [2.45, 2.75) is 26.3 Å². The molecule has 0 bridgehead atoms. The highest BCUT2D eigenvalue weighted by Crippen LogP contribution is 2.36. The summed E-state index contributed by atoms with van der Waals surface area (Å²) in [4.78, 5) is 35.5. The van der Waals surface area contributed by atoms with Crippen LogP contribution in [0.2, 0.25) is 0 Å². The SMILES string of the molecule is Cc1ccc(-c2cnn3c2NC(=O)C3CC(=O)Nc2ccc(C)c([N+](=O)[O-])c2)cc1. The predicted molar refractivity (Wildman–Crippen MR) is 111 cm³/mol. The van der Waals surface area contributed by atoms with Crippen molar-refractivity contribution < 1.29 is 14.5 Å². The zero-order chi connectivity index (χ0) is 21.4. The van der Waals surface area contributed by atoms with Crippen molar-refractivity contribution in [1.82, 2.24) is 9.78 Å². The number of anilines is 2. The van der Waals surface area contributed by atoms with Gasteiger partial charge in [0.25, 0.3) is 11.6 Å². The first-order valence-electron chi connectivity index (χ1n) is 9.34. The van der Waals surface area contributed by atoms with Crippen LogP contribution in [0, 0.1) is 24.0 Å². The number of nitro groups is 1. The van der Waals surface area contributed by atoms with E-state index in [-0.39, 0.29) is 18.0 Å². The Morgan fingerprint density at radius 1 is 1.23 bits per heavy atom. The maximum atomic E-state index is 12.5. The van der Waals surface area contributed by atoms with Gasteiger partial charge in [-0.2, -0.15) is 5.10 Å². The number of rotatable bonds is 5. The summed E-state index contributed by atoms with van der Waals surface area (Å²) in [6.07, 6.45) is 1.52. The average Bonchev–Trinajstić information content (AvgIpc) is 3.23. The number of nitrogens with zero attached hydrogens (tertiary/aromatic N) is 3. The number of aryl methyl sites for hydroxylation is 2. The molecule has 152 valence electrons. The van der Waals surface area contributed by atoms with Crippen LogP contribution < -0.4 is 10.6 Å². The second-order valence-electron chi connectivity index (χ2n) is 7.23. The third-order valence-electron chi connectivity index (χ3n) is 5.07. The van der Waals surface area contributed by atoms with E-state index in [9.17, 15) is 19.7 Å². The van der Waals surface area contributed by atoms with Gasteiger partial charge in [-0.05, 0) is 25.5 Å². The molecule has 9 heteroatoms. The van der Waals surface area contributed by atoms with Gasteiger partial charge in [0.1, 0.15) is 11.9 Å². The van der Waals surface area contributed by atoms with Crippen LogP contribution in [-0.4, -0.2) is 26.5 Å². The largest absolute Gasteiger partial charge is 0.326 e. The first kappa shape index (κ1) is 19.3. The molecular weight excluding hydrogens is 386 g/mol. The molecule has 1 aliphatic rings. The maximum absolute atomic E-state index is 12.5. The van der Waals surface area contributed by atoms with Gasteiger partial charge in [-0.3, -0.25) is 19.7 Å². The molecule has 0 saturated heterocycles. The van der Waals surface area contributed by atoms with Crippen molar-refractivity contribution >= 4 is 29.0 Å². The fourth-order valence-electron chi connectivity index (χ4n) is 3.43. The standard InChI is InChI=1S/C21H19N5O4/c1-12-3-6-14(7-4-12)16-11-22-25-18(21(28)24-20(16)25)10-19(27)23-15-8-5-13(2)17(9-15)26(29)30/h3-9,11,18H,10H2,1-2H3,(H,23,27)(H,24,28). The smallest absolute Gasteiger partial charge is 0.274 e. The van der Waals surface area contributed by atoms with Crippen LogP contribution in [0.15, 0.2) is 48.7 Å². The molecule has 3 aromatic rings. The second kappa shape index (κ2) is 7.43. The average molecular weight is 405 g/mol. The number of benzene rings is 2. The van der Waals surface area contributed by atoms with Gasteiger partial charge in [0, 0.05) is 22.9 Å². The molecule has 0 fully saturated rings. The Kier molecular flexibility index (Phi) is 4.78. The quantitative estimate of drug-likeness (QED) is 0.496. The summed E-state index contributed by atoms with van der Waals surface area (Å²) in [5, 5.41) is 20.8. The lowest BCUT2D eigenvalue weighted by atomic mass is 10.1. The summed E-state index contributed by atoms with van der Waals surface area (Å²) in [6.45, 7) is 3.61. The van der Waals surface area contributed by atoms with Crippen LogP contribution in [-0.2, 0) is 9.59 Å². The highest BCUT2D eigenvalue weighted by molar-refractivity contribution is 6.04. The van der Waals surface area contributed by atoms with Gasteiger partial charge in [-0.1, -0.05) is 35.9 Å². The van der Waals surface area contributed by atoms with Gasteiger partial charge >= 0.3 is 0 Å². The second-order valence-corrected chi connectivity index (χ2v) is 7.23. The monoisotopic (exact) mass is 405 g/mol. The molecule has 30 heavy (non-hydrogen) atoms. The summed E-state index contributed by atoms with van der Waals surface area (Å²) in [7, 11) is 0. The van der Waals surface area contributed by atoms with Gasteiger partial charge in [0.15, 0.2) is 0 Å². The van der Waals surface area contributed by atoms with E-state index in [0.29, 0.717) is 17.1 Å². The van der Waals surface area contributed by atoms with Crippen LogP contribution >= 0.6 is 0 Å². The number of carbonyl (C=O) groups excluding carboxylic acids is 2. The fourth-order valence-corrected chi connectivity index (χ4v) is 3.43. The lowest BCUT2D eigenvalue weighted by Gasteiger charge is -2.10. The Hall–Kier alpha value is -4.01. The molecule has 9 nitrogen and oxygen atoms in total. The summed E-state index contributed by atoms with van der Waals surface area (Å²) in [6, 6.07) is 11.5. The van der Waals surface area contributed by atoms with Crippen LogP contribution in [0.25, 0.3) is 11.1 Å². The van der Waals surface area contributed by atoms with Crippen LogP contribution in [0.5, 0.6) is 0 Å². The molecular formula is C21H19N5O4. The molecule has 1 aliphatic heterocycles. The number of nitro benzene ring substituents is 1. The Labute approximate surface area is 171 Å². The molecule has 1 aromatic heterocycles. The van der Waals surface area contributed by atoms with Crippen LogP contribution in [0.1, 0.15) is 23.6 Å². The molecule has 0 saturated carbocycles. The van der Waals surface area contributed by atoms with Crippen molar-refractivity contribution in [1.29, 1.82) is 0 Å². The minimum absolute atomic E-state index is 0.0801. The van der Waals surface area contributed by atoms with E-state index in [1.165, 1.54) is 10.7 Å². The molecule has 4 rings (SSSR count). The van der Waals surface area contributed by atoms with E-state index in [4.69, 9.17) is 0 Å². The molecule has 0 aliphatic carbocycles. The fraction of sp³-hybridized carbons (Fsp3) is 0.190. The van der Waals surface area contributed by atoms with Crippen molar-refractivity contribution in [3.05, 3.63) is 69.9 Å². The number of amides is 2. The van der Waals surface area contributed by atoms with Crippen LogP contribution in [0.4, 0.5) is 17.2 Å². The lowest BCUT2D eigenvalue weighted by Crippen LogP contribution is -2.23. The summed E-state index contributed by atoms with van der Waals surface area (Å²) >= 11 is 0. The minimum atomic E-state index is -0.792. The molecule has 2 N–H and O–H groups in total. The van der Waals surface area contributed by atoms with Gasteiger partial charge < -0.3 is 10.6 Å². The minimum Gasteiger partial charge on any atom is -0.326 e. The third kappa shape index (κ3) is 3.52. The zero-order valence-corrected chi connectivity index (χ0v) is 16.4. The van der Waals surface area contributed by atoms with E-state index < -0.39 is 16.9 Å². The lowest BCUT2D eigenvalue weighted by molar-refractivity contribution is -0.385. The molecule has 2 aromatic carbocycles. The van der Waals surface area contributed by atoms with Crippen molar-refractivity contribution in [2.24, 2.45) is 0 Å². The van der Waals surface area contributed by atoms with Gasteiger partial charge in [0.05, 0.1) is 17.5 Å². The summed E-state index contributed by atoms with van der Waals surface area (Å²) in [5.41, 5.74) is 3.54. The van der Waals surface area contributed by atoms with Crippen LogP contribution in [0.3, 0.4) is 0 Å². The van der Waals surface area contributed by atoms with E-state index >= 15 is 0 Å². The number of nitrogens with one attached hydrogen (secondary N) is 2. The van der Waals surface area contributed by atoms with E-state index in [1.807, 2.05) is 31.2 Å². The zero-order valence-electron chi connectivity index (χ0n) is 16.4. The van der Waals surface area contributed by atoms with Gasteiger partial charge in [-0.25, -0.2) is 4.68 Å². The summed E-state index contributed by atoms with van der Waals surface area (Å²) < 4.78 is 1.51. The molecule has 2 heterocycles. The number of hydrogen-bond donors (Lipinski definition) is 2. The van der Waals surface area contributed by atoms with E-state index in [1.54, 1.807) is 25.3 Å². The third-order valence-corrected chi connectivity index (χ3v) is 5.07. The predicted octanol–water partition coefficient (Wildman–Crippen LogP) is 3.60. The molecule has 1 atom stereocenters. The van der Waals surface area contributed by atoms with E-state index in [0.717, 1.165) is 16.7 Å². The van der Waals surface area contributed by atoms with Crippen molar-refractivity contribution in [3.63, 3.8) is 0 Å². The van der Waals surface area contributed by atoms with E-state index in [2.05, 4.69) is 15.7 Å². The molecule has 0 radical (unpaired) electrons. The molecule has 0 spiro atoms. The number of aromatic nitrogens is 2. The van der Waals surface area contributed by atoms with Crippen molar-refractivity contribution in [2.75, 3.05) is 10.6 Å². The maximum Gasteiger partial charge on any atom is 0.274 e.